The molecule has 0 spiro atoms. The van der Waals surface area contributed by atoms with Crippen LogP contribution in [-0.4, -0.2) is 16.3 Å². The van der Waals surface area contributed by atoms with E-state index in [4.69, 9.17) is 5.73 Å². The number of rotatable bonds is 0. The number of aromatic nitrogens is 2. The number of hydrogen-bond acceptors (Lipinski definition) is 6. The molecule has 0 radical (unpaired) electrons. The largest absolute Gasteiger partial charge is 0.587 e. The van der Waals surface area contributed by atoms with Gasteiger partial charge in [0.05, 0.1) is 0 Å². The van der Waals surface area contributed by atoms with Gasteiger partial charge in [0.25, 0.3) is 5.88 Å². The van der Waals surface area contributed by atoms with E-state index in [2.05, 4.69) is 19.4 Å². The molecule has 2 N–H and O–H groups in total. The van der Waals surface area contributed by atoms with E-state index in [9.17, 15) is 8.78 Å². The summed E-state index contributed by atoms with van der Waals surface area (Å²) < 4.78 is 33.7. The maximum atomic E-state index is 12.6. The molecule has 2 aromatic rings. The highest BCUT2D eigenvalue weighted by atomic mass is 32.1. The third kappa shape index (κ3) is 1.25. The molecule has 0 bridgehead atoms. The van der Waals surface area contributed by atoms with Gasteiger partial charge in [-0.1, -0.05) is 11.3 Å². The van der Waals surface area contributed by atoms with Crippen LogP contribution < -0.4 is 15.2 Å². The topological polar surface area (TPSA) is 70.3 Å². The number of nitrogen functional groups attached to an aromatic ring is 1. The summed E-state index contributed by atoms with van der Waals surface area (Å²) in [5.41, 5.74) is 5.86. The number of thiazole rings is 1. The summed E-state index contributed by atoms with van der Waals surface area (Å²) in [5, 5.41) is 0.313. The number of hydrogen-bond donors (Lipinski definition) is 1. The van der Waals surface area contributed by atoms with Crippen LogP contribution in [0.25, 0.3) is 10.3 Å². The van der Waals surface area contributed by atoms with Gasteiger partial charge in [-0.05, 0) is 0 Å². The number of anilines is 1. The lowest BCUT2D eigenvalue weighted by atomic mass is 10.4. The van der Waals surface area contributed by atoms with E-state index in [-0.39, 0.29) is 11.6 Å². The van der Waals surface area contributed by atoms with Gasteiger partial charge in [0.2, 0.25) is 0 Å². The lowest BCUT2D eigenvalue weighted by Crippen LogP contribution is -2.26. The van der Waals surface area contributed by atoms with E-state index in [1.54, 1.807) is 0 Å². The fraction of sp³-hybridized carbons (Fsp3) is 0.143. The number of nitrogens with zero attached hydrogens (tertiary/aromatic N) is 2. The van der Waals surface area contributed by atoms with Gasteiger partial charge in [0, 0.05) is 6.07 Å². The molecule has 0 aliphatic carbocycles. The standard InChI is InChI=1S/C7H3F2N3O2S/c8-7(9)13-3-1-2-5(12-4(3)14-7)15-6(10)11-2/h1H,(H2,10,11). The number of ether oxygens (including phenoxy) is 2. The number of pyridine rings is 1. The summed E-state index contributed by atoms with van der Waals surface area (Å²) in [6.07, 6.45) is -3.65. The molecule has 0 unspecified atom stereocenters. The number of fused-ring (bicyclic) bond motifs is 2. The molecule has 5 nitrogen and oxygen atoms in total. The van der Waals surface area contributed by atoms with Gasteiger partial charge >= 0.3 is 6.29 Å². The molecule has 15 heavy (non-hydrogen) atoms. The van der Waals surface area contributed by atoms with Crippen molar-refractivity contribution in [1.82, 2.24) is 9.97 Å². The molecule has 0 amide bonds. The second-order valence-corrected chi connectivity index (χ2v) is 3.84. The Labute approximate surface area is 85.4 Å². The molecular weight excluding hydrogens is 228 g/mol. The predicted molar refractivity (Wildman–Crippen MR) is 48.0 cm³/mol. The Kier molecular flexibility index (Phi) is 1.41. The monoisotopic (exact) mass is 231 g/mol. The second-order valence-electron chi connectivity index (χ2n) is 2.84. The highest BCUT2D eigenvalue weighted by Gasteiger charge is 2.44. The number of halogens is 2. The van der Waals surface area contributed by atoms with Gasteiger partial charge in [-0.25, -0.2) is 4.98 Å². The number of alkyl halides is 2. The Morgan fingerprint density at radius 3 is 2.93 bits per heavy atom. The first-order valence-electron chi connectivity index (χ1n) is 3.86. The molecule has 0 fully saturated rings. The molecule has 1 aliphatic heterocycles. The zero-order chi connectivity index (χ0) is 10.6. The number of nitrogens with two attached hydrogens (primary N) is 1. The summed E-state index contributed by atoms with van der Waals surface area (Å²) >= 11 is 1.09. The van der Waals surface area contributed by atoms with E-state index in [1.807, 2.05) is 0 Å². The third-order valence-corrected chi connectivity index (χ3v) is 2.57. The normalized spacial score (nSPS) is 17.2. The zero-order valence-corrected chi connectivity index (χ0v) is 7.85. The third-order valence-electron chi connectivity index (χ3n) is 1.78. The molecule has 3 rings (SSSR count). The first-order valence-corrected chi connectivity index (χ1v) is 4.68. The predicted octanol–water partition coefficient (Wildman–Crippen LogP) is 1.59. The van der Waals surface area contributed by atoms with Gasteiger partial charge in [-0.2, -0.15) is 4.98 Å². The summed E-state index contributed by atoms with van der Waals surface area (Å²) in [6.45, 7) is 0. The maximum absolute atomic E-state index is 12.6. The average molecular weight is 231 g/mol. The maximum Gasteiger partial charge on any atom is 0.587 e. The first kappa shape index (κ1) is 8.60. The van der Waals surface area contributed by atoms with Crippen LogP contribution in [0.2, 0.25) is 0 Å². The zero-order valence-electron chi connectivity index (χ0n) is 7.03. The van der Waals surface area contributed by atoms with Crippen molar-refractivity contribution in [3.63, 3.8) is 0 Å². The average Bonchev–Trinajstić information content (AvgIpc) is 2.55. The molecule has 1 aliphatic rings. The fourth-order valence-corrected chi connectivity index (χ4v) is 1.94. The minimum atomic E-state index is -3.65. The van der Waals surface area contributed by atoms with Gasteiger partial charge in [0.15, 0.2) is 10.9 Å². The Hall–Kier alpha value is -1.70. The van der Waals surface area contributed by atoms with Crippen LogP contribution in [0.3, 0.4) is 0 Å². The smallest absolute Gasteiger partial charge is 0.393 e. The Morgan fingerprint density at radius 1 is 1.33 bits per heavy atom. The van der Waals surface area contributed by atoms with E-state index < -0.39 is 6.29 Å². The van der Waals surface area contributed by atoms with Gasteiger partial charge in [-0.15, -0.1) is 8.78 Å². The molecular formula is C7H3F2N3O2S. The van der Waals surface area contributed by atoms with Crippen molar-refractivity contribution in [2.24, 2.45) is 0 Å². The van der Waals surface area contributed by atoms with E-state index in [1.165, 1.54) is 6.07 Å². The van der Waals surface area contributed by atoms with E-state index in [0.29, 0.717) is 15.5 Å². The fourth-order valence-electron chi connectivity index (χ4n) is 1.26. The highest BCUT2D eigenvalue weighted by molar-refractivity contribution is 7.21. The summed E-state index contributed by atoms with van der Waals surface area (Å²) in [6, 6.07) is 1.32. The van der Waals surface area contributed by atoms with Crippen LogP contribution in [0, 0.1) is 0 Å². The molecule has 0 atom stereocenters. The van der Waals surface area contributed by atoms with Crippen molar-refractivity contribution in [2.45, 2.75) is 6.29 Å². The Morgan fingerprint density at radius 2 is 2.13 bits per heavy atom. The van der Waals surface area contributed by atoms with Crippen molar-refractivity contribution >= 4 is 26.8 Å². The van der Waals surface area contributed by atoms with Crippen LogP contribution in [0.5, 0.6) is 11.6 Å². The Balaban J connectivity index is 2.21. The molecule has 3 heterocycles. The summed E-state index contributed by atoms with van der Waals surface area (Å²) in [5.74, 6) is -0.367. The minimum absolute atomic E-state index is 0.127. The molecule has 8 heteroatoms. The van der Waals surface area contributed by atoms with Gasteiger partial charge in [-0.3, -0.25) is 0 Å². The van der Waals surface area contributed by atoms with Crippen LogP contribution in [0.1, 0.15) is 0 Å². The molecule has 2 aromatic heterocycles. The summed E-state index contributed by atoms with van der Waals surface area (Å²) in [4.78, 5) is 8.15. The van der Waals surface area contributed by atoms with E-state index >= 15 is 0 Å². The van der Waals surface area contributed by atoms with Crippen LogP contribution in [0.4, 0.5) is 13.9 Å². The first-order chi connectivity index (χ1) is 7.03. The van der Waals surface area contributed by atoms with Gasteiger partial charge in [0.1, 0.15) is 10.3 Å². The second kappa shape index (κ2) is 2.45. The van der Waals surface area contributed by atoms with Crippen molar-refractivity contribution in [2.75, 3.05) is 5.73 Å². The van der Waals surface area contributed by atoms with Crippen LogP contribution >= 0.6 is 11.3 Å². The van der Waals surface area contributed by atoms with Crippen molar-refractivity contribution < 1.29 is 18.3 Å². The van der Waals surface area contributed by atoms with Crippen molar-refractivity contribution in [3.8, 4) is 11.6 Å². The van der Waals surface area contributed by atoms with Crippen LogP contribution in [-0.2, 0) is 0 Å². The molecule has 0 aromatic carbocycles. The Bertz CT molecular complexity index is 511. The van der Waals surface area contributed by atoms with Gasteiger partial charge < -0.3 is 15.2 Å². The summed E-state index contributed by atoms with van der Waals surface area (Å²) in [7, 11) is 0. The highest BCUT2D eigenvalue weighted by Crippen LogP contribution is 2.41. The van der Waals surface area contributed by atoms with Crippen LogP contribution in [0.15, 0.2) is 6.07 Å². The molecule has 0 saturated carbocycles. The quantitative estimate of drug-likeness (QED) is 0.745. The molecule has 0 saturated heterocycles. The molecule has 78 valence electrons. The lowest BCUT2D eigenvalue weighted by molar-refractivity contribution is -0.287. The SMILES string of the molecule is Nc1nc2cc3c(nc2s1)OC(F)(F)O3. The minimum Gasteiger partial charge on any atom is -0.393 e. The lowest BCUT2D eigenvalue weighted by Gasteiger charge is -2.03. The van der Waals surface area contributed by atoms with Crippen molar-refractivity contribution in [1.29, 1.82) is 0 Å². The van der Waals surface area contributed by atoms with E-state index in [0.717, 1.165) is 11.3 Å². The van der Waals surface area contributed by atoms with Crippen molar-refractivity contribution in [3.05, 3.63) is 6.07 Å².